The van der Waals surface area contributed by atoms with Gasteiger partial charge in [-0.05, 0) is 30.5 Å². The molecule has 0 aliphatic carbocycles. The molecule has 2 rings (SSSR count). The van der Waals surface area contributed by atoms with E-state index in [1.54, 1.807) is 30.0 Å². The summed E-state index contributed by atoms with van der Waals surface area (Å²) in [6.07, 6.45) is 0. The van der Waals surface area contributed by atoms with Crippen LogP contribution in [0.2, 0.25) is 0 Å². The molecule has 1 amide bonds. The fourth-order valence-corrected chi connectivity index (χ4v) is 3.53. The van der Waals surface area contributed by atoms with E-state index in [4.69, 9.17) is 0 Å². The fraction of sp³-hybridized carbons (Fsp3) is 0.357. The molecule has 0 unspecified atom stereocenters. The van der Waals surface area contributed by atoms with E-state index in [0.717, 1.165) is 15.7 Å². The third-order valence-electron chi connectivity index (χ3n) is 2.70. The summed E-state index contributed by atoms with van der Waals surface area (Å²) in [4.78, 5) is 13.8. The molecule has 0 aliphatic rings. The Kier molecular flexibility index (Phi) is 6.17. The molecule has 0 bridgehead atoms. The lowest BCUT2D eigenvalue weighted by Gasteiger charge is -2.15. The van der Waals surface area contributed by atoms with Crippen molar-refractivity contribution in [1.82, 2.24) is 15.1 Å². The first-order chi connectivity index (χ1) is 10.6. The summed E-state index contributed by atoms with van der Waals surface area (Å²) in [7, 11) is 1.85. The Morgan fingerprint density at radius 3 is 3.00 bits per heavy atom. The Balaban J connectivity index is 1.82. The standard InChI is InChI=1S/C14H18N4O2S2/c1-3-21-14-17-16-13(22-14)15-12(20)9-18(2)8-10-5-4-6-11(19)7-10/h4-7,19H,3,8-9H2,1-2H3,(H,15,16,20). The highest BCUT2D eigenvalue weighted by Gasteiger charge is 2.11. The third kappa shape index (κ3) is 5.28. The SMILES string of the molecule is CCSc1nnc(NC(=O)CN(C)Cc2cccc(O)c2)s1. The van der Waals surface area contributed by atoms with Crippen molar-refractivity contribution >= 4 is 34.1 Å². The maximum Gasteiger partial charge on any atom is 0.240 e. The van der Waals surface area contributed by atoms with Gasteiger partial charge in [-0.3, -0.25) is 15.0 Å². The van der Waals surface area contributed by atoms with E-state index >= 15 is 0 Å². The number of aromatic hydroxyl groups is 1. The number of phenolic OH excluding ortho intramolecular Hbond substituents is 1. The Bertz CT molecular complexity index is 633. The maximum atomic E-state index is 12.0. The molecule has 6 nitrogen and oxygen atoms in total. The van der Waals surface area contributed by atoms with Crippen LogP contribution >= 0.6 is 23.1 Å². The number of hydrogen-bond acceptors (Lipinski definition) is 7. The number of aromatic nitrogens is 2. The molecule has 0 saturated heterocycles. The first-order valence-electron chi connectivity index (χ1n) is 6.79. The summed E-state index contributed by atoms with van der Waals surface area (Å²) in [6, 6.07) is 7.00. The predicted octanol–water partition coefficient (Wildman–Crippen LogP) is 2.43. The Morgan fingerprint density at radius 1 is 1.45 bits per heavy atom. The van der Waals surface area contributed by atoms with Crippen molar-refractivity contribution < 1.29 is 9.90 Å². The van der Waals surface area contributed by atoms with Crippen LogP contribution in [0.25, 0.3) is 0 Å². The van der Waals surface area contributed by atoms with Crippen LogP contribution in [0.15, 0.2) is 28.6 Å². The second-order valence-corrected chi connectivity index (χ2v) is 7.19. The van der Waals surface area contributed by atoms with Crippen molar-refractivity contribution in [2.75, 3.05) is 24.7 Å². The molecule has 0 spiro atoms. The van der Waals surface area contributed by atoms with Gasteiger partial charge in [0, 0.05) is 6.54 Å². The Hall–Kier alpha value is -1.64. The average molecular weight is 338 g/mol. The molecule has 1 heterocycles. The average Bonchev–Trinajstić information content (AvgIpc) is 2.86. The fourth-order valence-electron chi connectivity index (χ4n) is 1.87. The van der Waals surface area contributed by atoms with Crippen molar-refractivity contribution in [3.05, 3.63) is 29.8 Å². The van der Waals surface area contributed by atoms with Crippen LogP contribution in [0.1, 0.15) is 12.5 Å². The molecular formula is C14H18N4O2S2. The number of anilines is 1. The number of rotatable bonds is 7. The van der Waals surface area contributed by atoms with Gasteiger partial charge in [0.25, 0.3) is 0 Å². The number of carbonyl (C=O) groups is 1. The monoisotopic (exact) mass is 338 g/mol. The summed E-state index contributed by atoms with van der Waals surface area (Å²) in [5.74, 6) is 1.02. The lowest BCUT2D eigenvalue weighted by molar-refractivity contribution is -0.117. The van der Waals surface area contributed by atoms with Crippen molar-refractivity contribution in [1.29, 1.82) is 0 Å². The van der Waals surface area contributed by atoms with Crippen LogP contribution in [0, 0.1) is 0 Å². The number of thioether (sulfide) groups is 1. The normalized spacial score (nSPS) is 10.9. The summed E-state index contributed by atoms with van der Waals surface area (Å²) in [6.45, 7) is 2.86. The van der Waals surface area contributed by atoms with Gasteiger partial charge >= 0.3 is 0 Å². The number of likely N-dealkylation sites (N-methyl/N-ethyl adjacent to an activating group) is 1. The molecule has 0 atom stereocenters. The van der Waals surface area contributed by atoms with Gasteiger partial charge in [0.05, 0.1) is 6.54 Å². The van der Waals surface area contributed by atoms with Gasteiger partial charge in [0.15, 0.2) is 4.34 Å². The lowest BCUT2D eigenvalue weighted by Crippen LogP contribution is -2.29. The summed E-state index contributed by atoms with van der Waals surface area (Å²) in [5, 5.41) is 20.6. The Labute approximate surface area is 137 Å². The van der Waals surface area contributed by atoms with Crippen molar-refractivity contribution in [3.63, 3.8) is 0 Å². The maximum absolute atomic E-state index is 12.0. The lowest BCUT2D eigenvalue weighted by atomic mass is 10.2. The second kappa shape index (κ2) is 8.11. The highest BCUT2D eigenvalue weighted by molar-refractivity contribution is 8.01. The number of amides is 1. The smallest absolute Gasteiger partial charge is 0.240 e. The molecule has 1 aromatic heterocycles. The zero-order chi connectivity index (χ0) is 15.9. The largest absolute Gasteiger partial charge is 0.508 e. The van der Waals surface area contributed by atoms with Gasteiger partial charge in [-0.15, -0.1) is 10.2 Å². The molecule has 0 saturated carbocycles. The molecule has 22 heavy (non-hydrogen) atoms. The van der Waals surface area contributed by atoms with Gasteiger partial charge in [-0.2, -0.15) is 0 Å². The minimum atomic E-state index is -0.133. The predicted molar refractivity (Wildman–Crippen MR) is 89.4 cm³/mol. The van der Waals surface area contributed by atoms with Crippen LogP contribution < -0.4 is 5.32 Å². The molecular weight excluding hydrogens is 320 g/mol. The number of hydrogen-bond donors (Lipinski definition) is 2. The molecule has 2 N–H and O–H groups in total. The molecule has 2 aromatic rings. The number of nitrogens with zero attached hydrogens (tertiary/aromatic N) is 3. The zero-order valence-corrected chi connectivity index (χ0v) is 14.1. The van der Waals surface area contributed by atoms with Gasteiger partial charge in [-0.25, -0.2) is 0 Å². The van der Waals surface area contributed by atoms with E-state index < -0.39 is 0 Å². The Morgan fingerprint density at radius 2 is 2.27 bits per heavy atom. The third-order valence-corrected chi connectivity index (χ3v) is 4.55. The van der Waals surface area contributed by atoms with Gasteiger partial charge in [0.2, 0.25) is 11.0 Å². The molecule has 118 valence electrons. The van der Waals surface area contributed by atoms with Gasteiger partial charge in [0.1, 0.15) is 5.75 Å². The number of carbonyl (C=O) groups excluding carboxylic acids is 1. The molecule has 0 aliphatic heterocycles. The molecule has 0 fully saturated rings. The summed E-state index contributed by atoms with van der Waals surface area (Å²) < 4.78 is 0.853. The van der Waals surface area contributed by atoms with Crippen LogP contribution in [0.5, 0.6) is 5.75 Å². The highest BCUT2D eigenvalue weighted by Crippen LogP contribution is 2.24. The summed E-state index contributed by atoms with van der Waals surface area (Å²) >= 11 is 2.98. The van der Waals surface area contributed by atoms with Crippen molar-refractivity contribution in [2.24, 2.45) is 0 Å². The molecule has 0 radical (unpaired) electrons. The van der Waals surface area contributed by atoms with Gasteiger partial charge in [-0.1, -0.05) is 42.2 Å². The van der Waals surface area contributed by atoms with Crippen LogP contribution in [0.4, 0.5) is 5.13 Å². The number of benzene rings is 1. The minimum absolute atomic E-state index is 0.133. The number of phenols is 1. The topological polar surface area (TPSA) is 78.4 Å². The van der Waals surface area contributed by atoms with Crippen molar-refractivity contribution in [2.45, 2.75) is 17.8 Å². The number of nitrogens with one attached hydrogen (secondary N) is 1. The molecule has 8 heteroatoms. The zero-order valence-electron chi connectivity index (χ0n) is 12.4. The quantitative estimate of drug-likeness (QED) is 0.596. The first kappa shape index (κ1) is 16.7. The molecule has 1 aromatic carbocycles. The van der Waals surface area contributed by atoms with E-state index in [1.807, 2.05) is 24.9 Å². The highest BCUT2D eigenvalue weighted by atomic mass is 32.2. The van der Waals surface area contributed by atoms with Crippen LogP contribution in [-0.2, 0) is 11.3 Å². The first-order valence-corrected chi connectivity index (χ1v) is 8.59. The van der Waals surface area contributed by atoms with E-state index in [1.165, 1.54) is 11.3 Å². The summed E-state index contributed by atoms with van der Waals surface area (Å²) in [5.41, 5.74) is 0.952. The van der Waals surface area contributed by atoms with Crippen LogP contribution in [0.3, 0.4) is 0 Å². The van der Waals surface area contributed by atoms with Gasteiger partial charge < -0.3 is 5.11 Å². The van der Waals surface area contributed by atoms with E-state index in [0.29, 0.717) is 11.7 Å². The van der Waals surface area contributed by atoms with Crippen LogP contribution in [-0.4, -0.2) is 45.5 Å². The minimum Gasteiger partial charge on any atom is -0.508 e. The van der Waals surface area contributed by atoms with E-state index in [-0.39, 0.29) is 18.2 Å². The van der Waals surface area contributed by atoms with Crippen molar-refractivity contribution in [3.8, 4) is 5.75 Å². The van der Waals surface area contributed by atoms with E-state index in [2.05, 4.69) is 15.5 Å². The second-order valence-electron chi connectivity index (χ2n) is 4.70. The van der Waals surface area contributed by atoms with E-state index in [9.17, 15) is 9.90 Å².